The number of phenols is 1. The number of hydrogen-bond acceptors (Lipinski definition) is 5. The van der Waals surface area contributed by atoms with Gasteiger partial charge >= 0.3 is 0 Å². The zero-order chi connectivity index (χ0) is 11.5. The topological polar surface area (TPSA) is 79.4 Å². The van der Waals surface area contributed by atoms with Crippen molar-refractivity contribution >= 4 is 0 Å². The lowest BCUT2D eigenvalue weighted by atomic mass is 10.1. The molecule has 0 aliphatic rings. The number of aliphatic hydroxyl groups is 1. The van der Waals surface area contributed by atoms with Crippen LogP contribution in [0.2, 0.25) is 0 Å². The first-order valence-electron chi connectivity index (χ1n) is 4.94. The predicted octanol–water partition coefficient (Wildman–Crippen LogP) is 1.42. The van der Waals surface area contributed by atoms with Crippen molar-refractivity contribution < 1.29 is 14.7 Å². The molecule has 0 radical (unpaired) electrons. The molecule has 0 spiro atoms. The summed E-state index contributed by atoms with van der Waals surface area (Å²) >= 11 is 0. The smallest absolute Gasteiger partial charge is 0.255 e. The number of phenolic OH excluding ortho intramolecular Hbond substituents is 1. The minimum absolute atomic E-state index is 0.186. The van der Waals surface area contributed by atoms with Crippen molar-refractivity contribution in [2.24, 2.45) is 0 Å². The molecule has 0 aliphatic carbocycles. The van der Waals surface area contributed by atoms with Crippen LogP contribution in [-0.4, -0.2) is 20.4 Å². The van der Waals surface area contributed by atoms with Crippen LogP contribution in [0.4, 0.5) is 0 Å². The number of aromatic nitrogens is 2. The molecular weight excluding hydrogens is 208 g/mol. The number of nitrogens with zero attached hydrogens (tertiary/aromatic N) is 2. The van der Waals surface area contributed by atoms with Gasteiger partial charge in [0, 0.05) is 12.0 Å². The second kappa shape index (κ2) is 4.32. The maximum atomic E-state index is 9.55. The summed E-state index contributed by atoms with van der Waals surface area (Å²) in [6.07, 6.45) is -0.395. The van der Waals surface area contributed by atoms with E-state index >= 15 is 0 Å². The van der Waals surface area contributed by atoms with Gasteiger partial charge in [-0.05, 0) is 13.0 Å². The van der Waals surface area contributed by atoms with Crippen molar-refractivity contribution in [3.05, 3.63) is 41.5 Å². The van der Waals surface area contributed by atoms with Gasteiger partial charge in [-0.25, -0.2) is 0 Å². The Kier molecular flexibility index (Phi) is 2.87. The van der Waals surface area contributed by atoms with Gasteiger partial charge in [-0.1, -0.05) is 23.4 Å². The van der Waals surface area contributed by atoms with Crippen molar-refractivity contribution in [2.75, 3.05) is 0 Å². The highest BCUT2D eigenvalue weighted by atomic mass is 16.5. The first-order valence-corrected chi connectivity index (χ1v) is 4.94. The summed E-state index contributed by atoms with van der Waals surface area (Å²) in [4.78, 5) is 4.01. The quantitative estimate of drug-likeness (QED) is 0.817. The van der Waals surface area contributed by atoms with E-state index in [0.29, 0.717) is 12.2 Å². The standard InChI is InChI=1S/C11H12N2O3/c1-7(14)11-12-10(13-16-11)6-8-4-2-3-5-9(8)15/h2-5,7,14-15H,6H2,1H3. The zero-order valence-electron chi connectivity index (χ0n) is 8.79. The van der Waals surface area contributed by atoms with E-state index < -0.39 is 6.10 Å². The second-order valence-corrected chi connectivity index (χ2v) is 3.53. The van der Waals surface area contributed by atoms with Crippen molar-refractivity contribution in [3.63, 3.8) is 0 Å². The first kappa shape index (κ1) is 10.6. The average Bonchev–Trinajstić information content (AvgIpc) is 2.70. The van der Waals surface area contributed by atoms with Gasteiger partial charge in [0.15, 0.2) is 5.82 Å². The van der Waals surface area contributed by atoms with Gasteiger partial charge in [-0.15, -0.1) is 0 Å². The molecule has 1 aromatic heterocycles. The van der Waals surface area contributed by atoms with Crippen LogP contribution in [0.25, 0.3) is 0 Å². The highest BCUT2D eigenvalue weighted by molar-refractivity contribution is 5.33. The summed E-state index contributed by atoms with van der Waals surface area (Å²) in [5.74, 6) is 0.828. The van der Waals surface area contributed by atoms with Gasteiger partial charge in [0.2, 0.25) is 0 Å². The van der Waals surface area contributed by atoms with Gasteiger partial charge in [0.1, 0.15) is 11.9 Å². The van der Waals surface area contributed by atoms with E-state index in [1.165, 1.54) is 0 Å². The SMILES string of the molecule is CC(O)c1nc(Cc2ccccc2O)no1. The van der Waals surface area contributed by atoms with Crippen LogP contribution < -0.4 is 0 Å². The lowest BCUT2D eigenvalue weighted by Crippen LogP contribution is -1.94. The van der Waals surface area contributed by atoms with Crippen LogP contribution in [0.3, 0.4) is 0 Å². The minimum atomic E-state index is -0.773. The molecule has 1 atom stereocenters. The molecule has 0 fully saturated rings. The molecule has 2 rings (SSSR count). The Morgan fingerprint density at radius 1 is 1.38 bits per heavy atom. The Morgan fingerprint density at radius 2 is 2.12 bits per heavy atom. The van der Waals surface area contributed by atoms with E-state index in [1.807, 2.05) is 6.07 Å². The highest BCUT2D eigenvalue weighted by Crippen LogP contribution is 2.19. The molecule has 0 saturated heterocycles. The normalized spacial score (nSPS) is 12.6. The molecule has 0 bridgehead atoms. The van der Waals surface area contributed by atoms with Crippen LogP contribution in [-0.2, 0) is 6.42 Å². The summed E-state index contributed by atoms with van der Waals surface area (Å²) in [7, 11) is 0. The minimum Gasteiger partial charge on any atom is -0.508 e. The molecule has 0 saturated carbocycles. The monoisotopic (exact) mass is 220 g/mol. The van der Waals surface area contributed by atoms with Gasteiger partial charge in [-0.3, -0.25) is 0 Å². The van der Waals surface area contributed by atoms with Crippen LogP contribution in [0.15, 0.2) is 28.8 Å². The van der Waals surface area contributed by atoms with Crippen LogP contribution in [0.1, 0.15) is 30.3 Å². The van der Waals surface area contributed by atoms with Crippen LogP contribution in [0, 0.1) is 0 Å². The summed E-state index contributed by atoms with van der Waals surface area (Å²) in [6.45, 7) is 1.55. The number of hydrogen-bond donors (Lipinski definition) is 2. The molecule has 2 aromatic rings. The molecule has 1 unspecified atom stereocenters. The maximum Gasteiger partial charge on any atom is 0.255 e. The third-order valence-electron chi connectivity index (χ3n) is 2.18. The molecule has 16 heavy (non-hydrogen) atoms. The van der Waals surface area contributed by atoms with Crippen molar-refractivity contribution in [3.8, 4) is 5.75 Å². The average molecular weight is 220 g/mol. The third-order valence-corrected chi connectivity index (χ3v) is 2.18. The molecular formula is C11H12N2O3. The van der Waals surface area contributed by atoms with Crippen LogP contribution >= 0.6 is 0 Å². The fraction of sp³-hybridized carbons (Fsp3) is 0.273. The van der Waals surface area contributed by atoms with Gasteiger partial charge in [0.25, 0.3) is 5.89 Å². The fourth-order valence-corrected chi connectivity index (χ4v) is 1.34. The lowest BCUT2D eigenvalue weighted by Gasteiger charge is -1.99. The summed E-state index contributed by atoms with van der Waals surface area (Å²) in [5, 5.41) is 22.5. The van der Waals surface area contributed by atoms with E-state index in [1.54, 1.807) is 25.1 Å². The van der Waals surface area contributed by atoms with Crippen molar-refractivity contribution in [1.29, 1.82) is 0 Å². The van der Waals surface area contributed by atoms with E-state index in [-0.39, 0.29) is 11.6 Å². The Bertz CT molecular complexity index is 480. The zero-order valence-corrected chi connectivity index (χ0v) is 8.79. The molecule has 5 heteroatoms. The number of para-hydroxylation sites is 1. The van der Waals surface area contributed by atoms with Crippen molar-refractivity contribution in [2.45, 2.75) is 19.4 Å². The molecule has 1 aromatic carbocycles. The Morgan fingerprint density at radius 3 is 2.75 bits per heavy atom. The Hall–Kier alpha value is -1.88. The Labute approximate surface area is 92.4 Å². The number of benzene rings is 1. The summed E-state index contributed by atoms with van der Waals surface area (Å²) in [6, 6.07) is 6.96. The van der Waals surface area contributed by atoms with Crippen molar-refractivity contribution in [1.82, 2.24) is 10.1 Å². The Balaban J connectivity index is 2.18. The predicted molar refractivity (Wildman–Crippen MR) is 55.8 cm³/mol. The molecule has 0 amide bonds. The van der Waals surface area contributed by atoms with Gasteiger partial charge in [-0.2, -0.15) is 4.98 Å². The van der Waals surface area contributed by atoms with E-state index in [0.717, 1.165) is 5.56 Å². The lowest BCUT2D eigenvalue weighted by molar-refractivity contribution is 0.151. The van der Waals surface area contributed by atoms with Crippen LogP contribution in [0.5, 0.6) is 5.75 Å². The number of aliphatic hydroxyl groups excluding tert-OH is 1. The molecule has 2 N–H and O–H groups in total. The molecule has 0 aliphatic heterocycles. The molecule has 84 valence electrons. The maximum absolute atomic E-state index is 9.55. The largest absolute Gasteiger partial charge is 0.508 e. The van der Waals surface area contributed by atoms with Gasteiger partial charge < -0.3 is 14.7 Å². The molecule has 1 heterocycles. The first-order chi connectivity index (χ1) is 7.66. The highest BCUT2D eigenvalue weighted by Gasteiger charge is 2.12. The fourth-order valence-electron chi connectivity index (χ4n) is 1.34. The third kappa shape index (κ3) is 2.20. The number of aromatic hydroxyl groups is 1. The summed E-state index contributed by atoms with van der Waals surface area (Å²) in [5.41, 5.74) is 0.723. The van der Waals surface area contributed by atoms with E-state index in [9.17, 15) is 10.2 Å². The number of rotatable bonds is 3. The summed E-state index contributed by atoms with van der Waals surface area (Å²) < 4.78 is 4.85. The second-order valence-electron chi connectivity index (χ2n) is 3.53. The van der Waals surface area contributed by atoms with E-state index in [4.69, 9.17) is 4.52 Å². The molecule has 5 nitrogen and oxygen atoms in total. The van der Waals surface area contributed by atoms with Gasteiger partial charge in [0.05, 0.1) is 0 Å². The van der Waals surface area contributed by atoms with E-state index in [2.05, 4.69) is 10.1 Å².